The van der Waals surface area contributed by atoms with Crippen LogP contribution in [0.15, 0.2) is 24.5 Å². The number of tetrazole rings is 1. The Morgan fingerprint density at radius 1 is 1.14 bits per heavy atom. The zero-order valence-corrected chi connectivity index (χ0v) is 16.4. The third kappa shape index (κ3) is 4.85. The van der Waals surface area contributed by atoms with E-state index in [2.05, 4.69) is 25.3 Å². The van der Waals surface area contributed by atoms with Crippen LogP contribution in [0.2, 0.25) is 0 Å². The van der Waals surface area contributed by atoms with E-state index in [0.29, 0.717) is 18.4 Å². The van der Waals surface area contributed by atoms with Gasteiger partial charge in [0.1, 0.15) is 6.54 Å². The van der Waals surface area contributed by atoms with Crippen molar-refractivity contribution in [3.63, 3.8) is 0 Å². The predicted molar refractivity (Wildman–Crippen MR) is 105 cm³/mol. The summed E-state index contributed by atoms with van der Waals surface area (Å²) in [4.78, 5) is 22.8. The molecular formula is C20H29N7O. The fourth-order valence-electron chi connectivity index (χ4n) is 4.21. The van der Waals surface area contributed by atoms with Gasteiger partial charge >= 0.3 is 0 Å². The summed E-state index contributed by atoms with van der Waals surface area (Å²) in [5.41, 5.74) is 1.05. The fourth-order valence-corrected chi connectivity index (χ4v) is 4.21. The Labute approximate surface area is 165 Å². The summed E-state index contributed by atoms with van der Waals surface area (Å²) in [6.07, 6.45) is 12.2. The van der Waals surface area contributed by atoms with Gasteiger partial charge < -0.3 is 9.80 Å². The molecular weight excluding hydrogens is 354 g/mol. The fraction of sp³-hybridized carbons (Fsp3) is 0.650. The summed E-state index contributed by atoms with van der Waals surface area (Å²) in [5.74, 6) is 1.26. The second-order valence-corrected chi connectivity index (χ2v) is 7.95. The first-order valence-electron chi connectivity index (χ1n) is 10.5. The molecule has 0 atom stereocenters. The van der Waals surface area contributed by atoms with Gasteiger partial charge in [0.05, 0.1) is 0 Å². The summed E-state index contributed by atoms with van der Waals surface area (Å²) in [6.45, 7) is 3.44. The largest absolute Gasteiger partial charge is 0.338 e. The first kappa shape index (κ1) is 18.8. The van der Waals surface area contributed by atoms with Gasteiger partial charge in [-0.25, -0.2) is 0 Å². The van der Waals surface area contributed by atoms with E-state index in [-0.39, 0.29) is 12.5 Å². The summed E-state index contributed by atoms with van der Waals surface area (Å²) in [6, 6.07) is 3.94. The minimum Gasteiger partial charge on any atom is -0.338 e. The van der Waals surface area contributed by atoms with Gasteiger partial charge in [-0.15, -0.1) is 5.10 Å². The number of aromatic nitrogens is 5. The van der Waals surface area contributed by atoms with Gasteiger partial charge in [-0.05, 0) is 48.4 Å². The zero-order valence-electron chi connectivity index (χ0n) is 16.4. The predicted octanol–water partition coefficient (Wildman–Crippen LogP) is 2.28. The monoisotopic (exact) mass is 383 g/mol. The van der Waals surface area contributed by atoms with Gasteiger partial charge in [-0.1, -0.05) is 30.4 Å². The molecule has 28 heavy (non-hydrogen) atoms. The maximum absolute atomic E-state index is 13.1. The molecule has 2 fully saturated rings. The Balaban J connectivity index is 1.42. The first-order valence-corrected chi connectivity index (χ1v) is 10.5. The maximum atomic E-state index is 13.1. The molecule has 1 amide bonds. The number of carbonyl (C=O) groups is 1. The van der Waals surface area contributed by atoms with Gasteiger partial charge in [-0.3, -0.25) is 9.78 Å². The molecule has 0 aromatic carbocycles. The number of pyridine rings is 1. The lowest BCUT2D eigenvalue weighted by Gasteiger charge is -2.29. The van der Waals surface area contributed by atoms with Crippen LogP contribution in [-0.4, -0.2) is 55.6 Å². The van der Waals surface area contributed by atoms with E-state index in [1.54, 1.807) is 6.20 Å². The number of hydrogen-bond acceptors (Lipinski definition) is 6. The minimum absolute atomic E-state index is 0.0415. The number of anilines is 1. The molecule has 8 nitrogen and oxygen atoms in total. The highest BCUT2D eigenvalue weighted by Crippen LogP contribution is 2.25. The second kappa shape index (κ2) is 9.12. The molecule has 150 valence electrons. The minimum atomic E-state index is 0.0415. The number of carbonyl (C=O) groups excluding carboxylic acids is 1. The molecule has 3 heterocycles. The molecule has 1 aliphatic carbocycles. The van der Waals surface area contributed by atoms with Crippen molar-refractivity contribution in [2.24, 2.45) is 5.92 Å². The van der Waals surface area contributed by atoms with Crippen LogP contribution >= 0.6 is 0 Å². The lowest BCUT2D eigenvalue weighted by molar-refractivity contribution is -0.133. The van der Waals surface area contributed by atoms with Crippen molar-refractivity contribution in [2.45, 2.75) is 58.0 Å². The highest BCUT2D eigenvalue weighted by Gasteiger charge is 2.23. The molecule has 0 radical (unpaired) electrons. The molecule has 0 N–H and O–H groups in total. The van der Waals surface area contributed by atoms with Gasteiger partial charge in [0.25, 0.3) is 5.95 Å². The van der Waals surface area contributed by atoms with Crippen LogP contribution < -0.4 is 4.90 Å². The third-order valence-corrected chi connectivity index (χ3v) is 5.76. The summed E-state index contributed by atoms with van der Waals surface area (Å²) in [7, 11) is 0. The lowest BCUT2D eigenvalue weighted by Crippen LogP contribution is -2.38. The average molecular weight is 384 g/mol. The van der Waals surface area contributed by atoms with Crippen LogP contribution in [0.3, 0.4) is 0 Å². The maximum Gasteiger partial charge on any atom is 0.266 e. The van der Waals surface area contributed by atoms with E-state index in [1.807, 2.05) is 23.2 Å². The molecule has 0 spiro atoms. The Morgan fingerprint density at radius 2 is 1.96 bits per heavy atom. The molecule has 0 unspecified atom stereocenters. The van der Waals surface area contributed by atoms with Gasteiger partial charge in [0.15, 0.2) is 0 Å². The Kier molecular flexibility index (Phi) is 6.14. The van der Waals surface area contributed by atoms with Crippen molar-refractivity contribution in [3.05, 3.63) is 30.1 Å². The van der Waals surface area contributed by atoms with Crippen molar-refractivity contribution in [1.29, 1.82) is 0 Å². The molecule has 0 bridgehead atoms. The van der Waals surface area contributed by atoms with Crippen LogP contribution in [0.4, 0.5) is 5.95 Å². The molecule has 2 aliphatic rings. The summed E-state index contributed by atoms with van der Waals surface area (Å²) in [5, 5.41) is 12.7. The molecule has 2 aromatic rings. The van der Waals surface area contributed by atoms with E-state index < -0.39 is 0 Å². The van der Waals surface area contributed by atoms with Crippen LogP contribution in [0.25, 0.3) is 0 Å². The molecule has 4 rings (SSSR count). The van der Waals surface area contributed by atoms with Crippen LogP contribution in [0.1, 0.15) is 50.5 Å². The van der Waals surface area contributed by atoms with E-state index in [0.717, 1.165) is 38.0 Å². The van der Waals surface area contributed by atoms with E-state index in [4.69, 9.17) is 0 Å². The molecule has 1 aliphatic heterocycles. The van der Waals surface area contributed by atoms with Crippen LogP contribution in [-0.2, 0) is 17.9 Å². The quantitative estimate of drug-likeness (QED) is 0.730. The number of amides is 1. The van der Waals surface area contributed by atoms with E-state index in [9.17, 15) is 4.79 Å². The Hall–Kier alpha value is -2.51. The van der Waals surface area contributed by atoms with Gasteiger partial charge in [-0.2, -0.15) is 4.80 Å². The SMILES string of the molecule is O=C(Cn1nnc(N2CCCC2)n1)N(Cc1cccnc1)CC1CCCCC1. The first-order chi connectivity index (χ1) is 13.8. The third-order valence-electron chi connectivity index (χ3n) is 5.76. The highest BCUT2D eigenvalue weighted by atomic mass is 16.2. The smallest absolute Gasteiger partial charge is 0.266 e. The van der Waals surface area contributed by atoms with Crippen molar-refractivity contribution in [3.8, 4) is 0 Å². The molecule has 8 heteroatoms. The number of hydrogen-bond donors (Lipinski definition) is 0. The lowest BCUT2D eigenvalue weighted by atomic mass is 9.89. The number of rotatable bonds is 7. The standard InChI is InChI=1S/C20H29N7O/c28-19(16-27-23-20(22-24-27)25-11-4-5-12-25)26(14-17-7-2-1-3-8-17)15-18-9-6-10-21-13-18/h6,9-10,13,17H,1-5,7-8,11-12,14-16H2. The van der Waals surface area contributed by atoms with Crippen LogP contribution in [0.5, 0.6) is 0 Å². The zero-order chi connectivity index (χ0) is 19.2. The van der Waals surface area contributed by atoms with Crippen molar-refractivity contribution >= 4 is 11.9 Å². The van der Waals surface area contributed by atoms with Crippen molar-refractivity contribution in [2.75, 3.05) is 24.5 Å². The molecule has 1 saturated carbocycles. The van der Waals surface area contributed by atoms with Crippen molar-refractivity contribution in [1.82, 2.24) is 30.1 Å². The highest BCUT2D eigenvalue weighted by molar-refractivity contribution is 5.75. The molecule has 1 saturated heterocycles. The molecule has 2 aromatic heterocycles. The van der Waals surface area contributed by atoms with Gasteiger partial charge in [0.2, 0.25) is 5.91 Å². The Morgan fingerprint density at radius 3 is 2.71 bits per heavy atom. The Bertz CT molecular complexity index is 751. The summed E-state index contributed by atoms with van der Waals surface area (Å²) >= 11 is 0. The van der Waals surface area contributed by atoms with Crippen LogP contribution in [0, 0.1) is 5.92 Å². The topological polar surface area (TPSA) is 80.0 Å². The number of nitrogens with zero attached hydrogens (tertiary/aromatic N) is 7. The van der Waals surface area contributed by atoms with E-state index >= 15 is 0 Å². The van der Waals surface area contributed by atoms with Crippen molar-refractivity contribution < 1.29 is 4.79 Å². The summed E-state index contributed by atoms with van der Waals surface area (Å²) < 4.78 is 0. The average Bonchev–Trinajstić information content (AvgIpc) is 3.41. The second-order valence-electron chi connectivity index (χ2n) is 7.95. The van der Waals surface area contributed by atoms with E-state index in [1.165, 1.54) is 36.9 Å². The normalized spacial score (nSPS) is 17.8. The van der Waals surface area contributed by atoms with Gasteiger partial charge in [0, 0.05) is 38.6 Å².